The Morgan fingerprint density at radius 1 is 1.25 bits per heavy atom. The van der Waals surface area contributed by atoms with Crippen LogP contribution < -0.4 is 0 Å². The maximum absolute atomic E-state index is 2.23. The zero-order valence-electron chi connectivity index (χ0n) is 8.75. The summed E-state index contributed by atoms with van der Waals surface area (Å²) in [5.74, 6) is 0.731. The molecule has 70 valence electrons. The second-order valence-corrected chi connectivity index (χ2v) is 3.51. The number of nitrogens with zero attached hydrogens (tertiary/aromatic N) is 1. The van der Waals surface area contributed by atoms with Gasteiger partial charge in [-0.3, -0.25) is 0 Å². The predicted molar refractivity (Wildman–Crippen MR) is 56.0 cm³/mol. The fourth-order valence-electron chi connectivity index (χ4n) is 1.05. The molecule has 0 radical (unpaired) electrons. The van der Waals surface area contributed by atoms with E-state index in [-0.39, 0.29) is 0 Å². The quantitative estimate of drug-likeness (QED) is 0.569. The molecule has 0 N–H and O–H groups in total. The van der Waals surface area contributed by atoms with Crippen molar-refractivity contribution in [2.24, 2.45) is 5.92 Å². The lowest BCUT2D eigenvalue weighted by Gasteiger charge is -2.15. The highest BCUT2D eigenvalue weighted by molar-refractivity contribution is 5.01. The van der Waals surface area contributed by atoms with Gasteiger partial charge in [-0.15, -0.1) is 0 Å². The van der Waals surface area contributed by atoms with Crippen molar-refractivity contribution in [3.63, 3.8) is 0 Å². The number of rotatable bonds is 5. The van der Waals surface area contributed by atoms with E-state index in [2.05, 4.69) is 57.1 Å². The Morgan fingerprint density at radius 3 is 2.42 bits per heavy atom. The van der Waals surface area contributed by atoms with Crippen molar-refractivity contribution in [1.82, 2.24) is 4.90 Å². The Kier molecular flexibility index (Phi) is 6.54. The minimum Gasteiger partial charge on any atom is -0.380 e. The van der Waals surface area contributed by atoms with E-state index in [1.54, 1.807) is 0 Å². The van der Waals surface area contributed by atoms with Crippen LogP contribution in [0, 0.1) is 5.92 Å². The Labute approximate surface area is 76.8 Å². The summed E-state index contributed by atoms with van der Waals surface area (Å²) in [7, 11) is 2.11. The van der Waals surface area contributed by atoms with Crippen LogP contribution >= 0.6 is 0 Å². The minimum absolute atomic E-state index is 0.731. The molecule has 1 heteroatoms. The summed E-state index contributed by atoms with van der Waals surface area (Å²) in [5.41, 5.74) is 0. The summed E-state index contributed by atoms with van der Waals surface area (Å²) in [5, 5.41) is 0. The Balaban J connectivity index is 3.60. The zero-order valence-corrected chi connectivity index (χ0v) is 8.75. The van der Waals surface area contributed by atoms with Crippen molar-refractivity contribution >= 4 is 0 Å². The van der Waals surface area contributed by atoms with E-state index in [9.17, 15) is 0 Å². The van der Waals surface area contributed by atoms with E-state index in [4.69, 9.17) is 0 Å². The minimum atomic E-state index is 0.731. The van der Waals surface area contributed by atoms with Crippen LogP contribution in [0.3, 0.4) is 0 Å². The molecule has 0 aliphatic carbocycles. The first-order valence-corrected chi connectivity index (χ1v) is 4.70. The summed E-state index contributed by atoms with van der Waals surface area (Å²) in [6.45, 7) is 7.72. The van der Waals surface area contributed by atoms with Crippen LogP contribution in [-0.2, 0) is 0 Å². The van der Waals surface area contributed by atoms with Gasteiger partial charge in [0.2, 0.25) is 0 Å². The standard InChI is InChI=1S/C11H21N/c1-5-6-7-8-9-12(4)10-11(2)3/h6-9,11H,5,10H2,1-4H3/b7-6-,9-8-. The molecular formula is C11H21N. The summed E-state index contributed by atoms with van der Waals surface area (Å²) in [6.07, 6.45) is 9.56. The molecule has 0 rings (SSSR count). The largest absolute Gasteiger partial charge is 0.380 e. The second kappa shape index (κ2) is 6.96. The molecule has 0 aromatic heterocycles. The Hall–Kier alpha value is -0.720. The molecule has 0 aromatic rings. The molecule has 0 amide bonds. The fraction of sp³-hybridized carbons (Fsp3) is 0.636. The normalized spacial score (nSPS) is 12.1. The highest BCUT2D eigenvalue weighted by atomic mass is 15.1. The Bertz CT molecular complexity index is 145. The lowest BCUT2D eigenvalue weighted by atomic mass is 10.2. The van der Waals surface area contributed by atoms with Gasteiger partial charge in [-0.05, 0) is 24.6 Å². The van der Waals surface area contributed by atoms with Crippen molar-refractivity contribution in [2.75, 3.05) is 13.6 Å². The first-order valence-electron chi connectivity index (χ1n) is 4.70. The zero-order chi connectivity index (χ0) is 9.40. The third kappa shape index (κ3) is 7.39. The topological polar surface area (TPSA) is 3.24 Å². The average molecular weight is 167 g/mol. The smallest absolute Gasteiger partial charge is 0.0192 e. The van der Waals surface area contributed by atoms with E-state index >= 15 is 0 Å². The van der Waals surface area contributed by atoms with Crippen LogP contribution in [-0.4, -0.2) is 18.5 Å². The van der Waals surface area contributed by atoms with E-state index in [1.807, 2.05) is 0 Å². The summed E-state index contributed by atoms with van der Waals surface area (Å²) in [4.78, 5) is 2.21. The van der Waals surface area contributed by atoms with Crippen LogP contribution in [0.4, 0.5) is 0 Å². The molecule has 0 aliphatic heterocycles. The summed E-state index contributed by atoms with van der Waals surface area (Å²) in [6, 6.07) is 0. The van der Waals surface area contributed by atoms with Crippen molar-refractivity contribution < 1.29 is 0 Å². The lowest BCUT2D eigenvalue weighted by Crippen LogP contribution is -2.16. The molecule has 0 bridgehead atoms. The van der Waals surface area contributed by atoms with Gasteiger partial charge in [0.05, 0.1) is 0 Å². The van der Waals surface area contributed by atoms with Gasteiger partial charge in [0.15, 0.2) is 0 Å². The van der Waals surface area contributed by atoms with Crippen LogP contribution in [0.2, 0.25) is 0 Å². The van der Waals surface area contributed by atoms with E-state index in [0.29, 0.717) is 0 Å². The first kappa shape index (κ1) is 11.3. The maximum Gasteiger partial charge on any atom is 0.0192 e. The van der Waals surface area contributed by atoms with Crippen molar-refractivity contribution in [1.29, 1.82) is 0 Å². The molecule has 12 heavy (non-hydrogen) atoms. The van der Waals surface area contributed by atoms with Crippen LogP contribution in [0.25, 0.3) is 0 Å². The first-order chi connectivity index (χ1) is 5.66. The van der Waals surface area contributed by atoms with E-state index in [1.165, 1.54) is 0 Å². The van der Waals surface area contributed by atoms with Gasteiger partial charge in [-0.25, -0.2) is 0 Å². The number of hydrogen-bond acceptors (Lipinski definition) is 1. The highest BCUT2D eigenvalue weighted by Gasteiger charge is 1.94. The van der Waals surface area contributed by atoms with Gasteiger partial charge in [0.25, 0.3) is 0 Å². The molecule has 0 aromatic carbocycles. The van der Waals surface area contributed by atoms with Crippen molar-refractivity contribution in [3.8, 4) is 0 Å². The number of allylic oxidation sites excluding steroid dienone is 3. The van der Waals surface area contributed by atoms with Gasteiger partial charge in [-0.2, -0.15) is 0 Å². The van der Waals surface area contributed by atoms with Gasteiger partial charge < -0.3 is 4.90 Å². The predicted octanol–water partition coefficient (Wildman–Crippen LogP) is 3.05. The molecule has 0 fully saturated rings. The third-order valence-corrected chi connectivity index (χ3v) is 1.48. The molecule has 0 unspecified atom stereocenters. The van der Waals surface area contributed by atoms with Crippen molar-refractivity contribution in [2.45, 2.75) is 27.2 Å². The fourth-order valence-corrected chi connectivity index (χ4v) is 1.05. The third-order valence-electron chi connectivity index (χ3n) is 1.48. The number of hydrogen-bond donors (Lipinski definition) is 0. The lowest BCUT2D eigenvalue weighted by molar-refractivity contribution is 0.390. The molecule has 0 spiro atoms. The molecule has 0 saturated carbocycles. The monoisotopic (exact) mass is 167 g/mol. The van der Waals surface area contributed by atoms with Crippen molar-refractivity contribution in [3.05, 3.63) is 24.4 Å². The van der Waals surface area contributed by atoms with E-state index in [0.717, 1.165) is 18.9 Å². The van der Waals surface area contributed by atoms with Gasteiger partial charge in [0, 0.05) is 13.6 Å². The molecule has 0 heterocycles. The SMILES string of the molecule is CC/C=C\C=C/N(C)CC(C)C. The highest BCUT2D eigenvalue weighted by Crippen LogP contribution is 1.96. The molecule has 0 atom stereocenters. The molecule has 0 saturated heterocycles. The van der Waals surface area contributed by atoms with Crippen LogP contribution in [0.15, 0.2) is 24.4 Å². The molecule has 1 nitrogen and oxygen atoms in total. The maximum atomic E-state index is 2.23. The molecular weight excluding hydrogens is 146 g/mol. The molecule has 0 aliphatic rings. The van der Waals surface area contributed by atoms with E-state index < -0.39 is 0 Å². The summed E-state index contributed by atoms with van der Waals surface area (Å²) >= 11 is 0. The average Bonchev–Trinajstić information content (AvgIpc) is 1.97. The Morgan fingerprint density at radius 2 is 1.92 bits per heavy atom. The van der Waals surface area contributed by atoms with Gasteiger partial charge in [-0.1, -0.05) is 32.9 Å². The second-order valence-electron chi connectivity index (χ2n) is 3.51. The van der Waals surface area contributed by atoms with Crippen LogP contribution in [0.1, 0.15) is 27.2 Å². The van der Waals surface area contributed by atoms with Crippen LogP contribution in [0.5, 0.6) is 0 Å². The van der Waals surface area contributed by atoms with Gasteiger partial charge in [0.1, 0.15) is 0 Å². The summed E-state index contributed by atoms with van der Waals surface area (Å²) < 4.78 is 0. The van der Waals surface area contributed by atoms with Gasteiger partial charge >= 0.3 is 0 Å².